The van der Waals surface area contributed by atoms with Gasteiger partial charge in [0.05, 0.1) is 12.2 Å². The van der Waals surface area contributed by atoms with Crippen LogP contribution in [0.2, 0.25) is 5.02 Å². The van der Waals surface area contributed by atoms with E-state index in [0.29, 0.717) is 28.8 Å². The first-order chi connectivity index (χ1) is 7.54. The van der Waals surface area contributed by atoms with Crippen LogP contribution >= 0.6 is 23.2 Å². The number of hydrogen-bond acceptors (Lipinski definition) is 2. The number of alkyl halides is 1. The van der Waals surface area contributed by atoms with E-state index in [1.807, 2.05) is 6.92 Å². The Morgan fingerprint density at radius 1 is 1.50 bits per heavy atom. The van der Waals surface area contributed by atoms with Crippen LogP contribution in [-0.2, 0) is 0 Å². The number of halogens is 2. The molecule has 1 unspecified atom stereocenters. The largest absolute Gasteiger partial charge is 0.493 e. The van der Waals surface area contributed by atoms with Gasteiger partial charge < -0.3 is 4.74 Å². The van der Waals surface area contributed by atoms with E-state index in [9.17, 15) is 4.79 Å². The molecule has 0 fully saturated rings. The smallest absolute Gasteiger partial charge is 0.163 e. The van der Waals surface area contributed by atoms with Crippen molar-refractivity contribution in [3.63, 3.8) is 0 Å². The maximum Gasteiger partial charge on any atom is 0.163 e. The van der Waals surface area contributed by atoms with Gasteiger partial charge in [0, 0.05) is 16.8 Å². The van der Waals surface area contributed by atoms with Crippen molar-refractivity contribution in [1.82, 2.24) is 0 Å². The quantitative estimate of drug-likeness (QED) is 0.595. The molecule has 0 aliphatic carbocycles. The van der Waals surface area contributed by atoms with Gasteiger partial charge in [0.2, 0.25) is 0 Å². The molecule has 1 atom stereocenters. The fraction of sp³-hybridized carbons (Fsp3) is 0.417. The van der Waals surface area contributed by atoms with Gasteiger partial charge in [-0.1, -0.05) is 18.5 Å². The summed E-state index contributed by atoms with van der Waals surface area (Å²) in [4.78, 5) is 11.4. The SMILES string of the molecule is CC(=O)c1cc(Cl)ccc1OCC(C)CCl. The van der Waals surface area contributed by atoms with E-state index in [1.54, 1.807) is 18.2 Å². The summed E-state index contributed by atoms with van der Waals surface area (Å²) in [5.74, 6) is 1.28. The Morgan fingerprint density at radius 3 is 2.75 bits per heavy atom. The molecule has 0 heterocycles. The number of Topliss-reactive ketones (excluding diaryl/α,β-unsaturated/α-hetero) is 1. The first-order valence-electron chi connectivity index (χ1n) is 5.04. The van der Waals surface area contributed by atoms with Crippen LogP contribution in [0.5, 0.6) is 5.75 Å². The number of carbonyl (C=O) groups is 1. The average Bonchev–Trinajstić information content (AvgIpc) is 2.26. The molecule has 0 amide bonds. The standard InChI is InChI=1S/C12H14Cl2O2/c1-8(6-13)7-16-12-4-3-10(14)5-11(12)9(2)15/h3-5,8H,6-7H2,1-2H3. The lowest BCUT2D eigenvalue weighted by Crippen LogP contribution is -2.11. The van der Waals surface area contributed by atoms with Gasteiger partial charge >= 0.3 is 0 Å². The molecule has 0 aliphatic heterocycles. The molecule has 16 heavy (non-hydrogen) atoms. The minimum Gasteiger partial charge on any atom is -0.493 e. The van der Waals surface area contributed by atoms with Crippen LogP contribution in [0.3, 0.4) is 0 Å². The highest BCUT2D eigenvalue weighted by molar-refractivity contribution is 6.31. The molecule has 0 radical (unpaired) electrons. The minimum atomic E-state index is -0.0592. The summed E-state index contributed by atoms with van der Waals surface area (Å²) in [6.07, 6.45) is 0. The molecule has 1 aromatic carbocycles. The second-order valence-corrected chi connectivity index (χ2v) is 4.51. The number of benzene rings is 1. The summed E-state index contributed by atoms with van der Waals surface area (Å²) in [5.41, 5.74) is 0.509. The van der Waals surface area contributed by atoms with E-state index in [1.165, 1.54) is 6.92 Å². The van der Waals surface area contributed by atoms with Crippen LogP contribution in [0, 0.1) is 5.92 Å². The van der Waals surface area contributed by atoms with Gasteiger partial charge in [-0.2, -0.15) is 0 Å². The van der Waals surface area contributed by atoms with E-state index < -0.39 is 0 Å². The second-order valence-electron chi connectivity index (χ2n) is 3.77. The van der Waals surface area contributed by atoms with Crippen molar-refractivity contribution < 1.29 is 9.53 Å². The van der Waals surface area contributed by atoms with E-state index in [0.717, 1.165) is 0 Å². The van der Waals surface area contributed by atoms with Crippen molar-refractivity contribution >= 4 is 29.0 Å². The van der Waals surface area contributed by atoms with Crippen LogP contribution in [-0.4, -0.2) is 18.3 Å². The molecular formula is C12H14Cl2O2. The molecule has 88 valence electrons. The highest BCUT2D eigenvalue weighted by atomic mass is 35.5. The van der Waals surface area contributed by atoms with Gasteiger partial charge in [-0.3, -0.25) is 4.79 Å². The maximum atomic E-state index is 11.4. The number of hydrogen-bond donors (Lipinski definition) is 0. The number of carbonyl (C=O) groups excluding carboxylic acids is 1. The zero-order valence-electron chi connectivity index (χ0n) is 9.30. The van der Waals surface area contributed by atoms with Crippen LogP contribution in [0.15, 0.2) is 18.2 Å². The molecule has 1 rings (SSSR count). The second kappa shape index (κ2) is 6.12. The Hall–Kier alpha value is -0.730. The van der Waals surface area contributed by atoms with Crippen molar-refractivity contribution in [3.8, 4) is 5.75 Å². The molecule has 0 N–H and O–H groups in total. The Morgan fingerprint density at radius 2 is 2.19 bits per heavy atom. The van der Waals surface area contributed by atoms with Crippen LogP contribution in [0.25, 0.3) is 0 Å². The summed E-state index contributed by atoms with van der Waals surface area (Å²) in [6, 6.07) is 5.03. The lowest BCUT2D eigenvalue weighted by Gasteiger charge is -2.12. The minimum absolute atomic E-state index is 0.0592. The summed E-state index contributed by atoms with van der Waals surface area (Å²) in [7, 11) is 0. The molecule has 0 aliphatic rings. The third kappa shape index (κ3) is 3.69. The lowest BCUT2D eigenvalue weighted by atomic mass is 10.1. The van der Waals surface area contributed by atoms with Gasteiger partial charge in [0.15, 0.2) is 5.78 Å². The van der Waals surface area contributed by atoms with Crippen LogP contribution in [0.1, 0.15) is 24.2 Å². The van der Waals surface area contributed by atoms with Crippen molar-refractivity contribution in [3.05, 3.63) is 28.8 Å². The highest BCUT2D eigenvalue weighted by Gasteiger charge is 2.10. The fourth-order valence-electron chi connectivity index (χ4n) is 1.18. The maximum absolute atomic E-state index is 11.4. The molecule has 4 heteroatoms. The molecule has 0 saturated carbocycles. The number of ether oxygens (including phenoxy) is 1. The molecule has 2 nitrogen and oxygen atoms in total. The monoisotopic (exact) mass is 260 g/mol. The van der Waals surface area contributed by atoms with Gasteiger partial charge in [0.1, 0.15) is 5.75 Å². The Labute approximate surface area is 106 Å². The molecule has 0 spiro atoms. The Bertz CT molecular complexity index is 377. The van der Waals surface area contributed by atoms with Gasteiger partial charge in [-0.25, -0.2) is 0 Å². The van der Waals surface area contributed by atoms with E-state index in [2.05, 4.69) is 0 Å². The van der Waals surface area contributed by atoms with Crippen molar-refractivity contribution in [2.24, 2.45) is 5.92 Å². The zero-order valence-corrected chi connectivity index (χ0v) is 10.8. The highest BCUT2D eigenvalue weighted by Crippen LogP contribution is 2.23. The first kappa shape index (κ1) is 13.3. The lowest BCUT2D eigenvalue weighted by molar-refractivity contribution is 0.101. The summed E-state index contributed by atoms with van der Waals surface area (Å²) in [6.45, 7) is 3.96. The topological polar surface area (TPSA) is 26.3 Å². The average molecular weight is 261 g/mol. The number of rotatable bonds is 5. The third-order valence-electron chi connectivity index (χ3n) is 2.11. The van der Waals surface area contributed by atoms with E-state index >= 15 is 0 Å². The third-order valence-corrected chi connectivity index (χ3v) is 2.87. The van der Waals surface area contributed by atoms with Crippen molar-refractivity contribution in [1.29, 1.82) is 0 Å². The Kier molecular flexibility index (Phi) is 5.10. The summed E-state index contributed by atoms with van der Waals surface area (Å²) >= 11 is 11.5. The van der Waals surface area contributed by atoms with Gasteiger partial charge in [-0.05, 0) is 25.1 Å². The van der Waals surface area contributed by atoms with E-state index in [-0.39, 0.29) is 11.7 Å². The predicted octanol–water partition coefficient (Wildman–Crippen LogP) is 3.80. The summed E-state index contributed by atoms with van der Waals surface area (Å²) in [5, 5.41) is 0.531. The zero-order chi connectivity index (χ0) is 12.1. The molecule has 0 bridgehead atoms. The van der Waals surface area contributed by atoms with Gasteiger partial charge in [-0.15, -0.1) is 11.6 Å². The predicted molar refractivity (Wildman–Crippen MR) is 66.8 cm³/mol. The number of ketones is 1. The Balaban J connectivity index is 2.82. The summed E-state index contributed by atoms with van der Waals surface area (Å²) < 4.78 is 5.54. The van der Waals surface area contributed by atoms with Crippen molar-refractivity contribution in [2.45, 2.75) is 13.8 Å². The normalized spacial score (nSPS) is 12.2. The fourth-order valence-corrected chi connectivity index (χ4v) is 1.44. The van der Waals surface area contributed by atoms with Crippen LogP contribution in [0.4, 0.5) is 0 Å². The molecule has 0 aromatic heterocycles. The van der Waals surface area contributed by atoms with E-state index in [4.69, 9.17) is 27.9 Å². The molecule has 1 aromatic rings. The van der Waals surface area contributed by atoms with Gasteiger partial charge in [0.25, 0.3) is 0 Å². The molecular weight excluding hydrogens is 247 g/mol. The first-order valence-corrected chi connectivity index (χ1v) is 5.95. The molecule has 0 saturated heterocycles. The van der Waals surface area contributed by atoms with Crippen LogP contribution < -0.4 is 4.74 Å². The van der Waals surface area contributed by atoms with Crippen molar-refractivity contribution in [2.75, 3.05) is 12.5 Å².